The number of nitrogens with zero attached hydrogens (tertiary/aromatic N) is 1. The van der Waals surface area contributed by atoms with Gasteiger partial charge in [0, 0.05) is 10.0 Å². The van der Waals surface area contributed by atoms with Crippen molar-refractivity contribution in [2.24, 2.45) is 0 Å². The van der Waals surface area contributed by atoms with E-state index in [1.54, 1.807) is 14.2 Å². The highest BCUT2D eigenvalue weighted by Crippen LogP contribution is 2.41. The number of aryl methyl sites for hydroxylation is 1. The van der Waals surface area contributed by atoms with Gasteiger partial charge in [-0.3, -0.25) is 0 Å². The highest BCUT2D eigenvalue weighted by molar-refractivity contribution is 9.10. The topological polar surface area (TPSA) is 57.4 Å². The van der Waals surface area contributed by atoms with Crippen LogP contribution in [0.15, 0.2) is 16.6 Å². The van der Waals surface area contributed by atoms with Gasteiger partial charge in [-0.2, -0.15) is 0 Å². The fourth-order valence-electron chi connectivity index (χ4n) is 1.76. The van der Waals surface area contributed by atoms with Crippen LogP contribution in [0.2, 0.25) is 0 Å². The largest absolute Gasteiger partial charge is 0.493 e. The maximum atomic E-state index is 6.04. The molecule has 2 N–H and O–H groups in total. The summed E-state index contributed by atoms with van der Waals surface area (Å²) in [5, 5.41) is 1.74. The van der Waals surface area contributed by atoms with Gasteiger partial charge in [0.25, 0.3) is 0 Å². The van der Waals surface area contributed by atoms with Gasteiger partial charge in [0.2, 0.25) is 0 Å². The zero-order valence-electron chi connectivity index (χ0n) is 11.0. The van der Waals surface area contributed by atoms with Gasteiger partial charge in [-0.15, -0.1) is 11.3 Å². The lowest BCUT2D eigenvalue weighted by Crippen LogP contribution is -1.93. The first-order chi connectivity index (χ1) is 9.10. The SMILES string of the molecule is CCc1nc(-c2cc(OC)c(OC)cc2Br)c(N)s1. The average Bonchev–Trinajstić information content (AvgIpc) is 2.79. The Hall–Kier alpha value is -1.27. The Kier molecular flexibility index (Phi) is 4.31. The molecule has 2 aromatic rings. The molecule has 0 unspecified atom stereocenters. The molecular formula is C13H15BrN2O2S. The van der Waals surface area contributed by atoms with Crippen molar-refractivity contribution >= 4 is 32.3 Å². The fourth-order valence-corrected chi connectivity index (χ4v) is 3.06. The van der Waals surface area contributed by atoms with Crippen molar-refractivity contribution in [3.8, 4) is 22.8 Å². The van der Waals surface area contributed by atoms with Crippen LogP contribution in [-0.4, -0.2) is 19.2 Å². The number of methoxy groups -OCH3 is 2. The van der Waals surface area contributed by atoms with Gasteiger partial charge >= 0.3 is 0 Å². The minimum absolute atomic E-state index is 0.658. The van der Waals surface area contributed by atoms with Crippen LogP contribution in [0, 0.1) is 0 Å². The van der Waals surface area contributed by atoms with E-state index in [2.05, 4.69) is 27.8 Å². The van der Waals surface area contributed by atoms with E-state index in [0.29, 0.717) is 16.5 Å². The predicted octanol–water partition coefficient (Wildman–Crippen LogP) is 3.73. The molecule has 0 atom stereocenters. The summed E-state index contributed by atoms with van der Waals surface area (Å²) in [5.41, 5.74) is 7.74. The van der Waals surface area contributed by atoms with Gasteiger partial charge in [-0.1, -0.05) is 6.92 Å². The number of aromatic nitrogens is 1. The van der Waals surface area contributed by atoms with Crippen LogP contribution in [0.3, 0.4) is 0 Å². The molecule has 0 radical (unpaired) electrons. The summed E-state index contributed by atoms with van der Waals surface area (Å²) in [7, 11) is 3.22. The second-order valence-corrected chi connectivity index (χ2v) is 5.83. The molecule has 0 bridgehead atoms. The summed E-state index contributed by atoms with van der Waals surface area (Å²) in [4.78, 5) is 4.56. The van der Waals surface area contributed by atoms with Gasteiger partial charge in [0.15, 0.2) is 11.5 Å². The number of benzene rings is 1. The Bertz CT molecular complexity index is 599. The maximum absolute atomic E-state index is 6.04. The maximum Gasteiger partial charge on any atom is 0.161 e. The molecule has 1 heterocycles. The molecule has 2 rings (SSSR count). The molecular weight excluding hydrogens is 328 g/mol. The molecule has 0 aliphatic rings. The van der Waals surface area contributed by atoms with Gasteiger partial charge in [0.05, 0.1) is 19.2 Å². The smallest absolute Gasteiger partial charge is 0.161 e. The molecule has 6 heteroatoms. The Labute approximate surface area is 124 Å². The number of nitrogen functional groups attached to an aromatic ring is 1. The first kappa shape index (κ1) is 14.1. The second kappa shape index (κ2) is 5.79. The van der Waals surface area contributed by atoms with E-state index in [0.717, 1.165) is 27.2 Å². The van der Waals surface area contributed by atoms with Crippen LogP contribution in [0.4, 0.5) is 5.00 Å². The van der Waals surface area contributed by atoms with Crippen LogP contribution >= 0.6 is 27.3 Å². The molecule has 0 aliphatic carbocycles. The van der Waals surface area contributed by atoms with E-state index in [1.807, 2.05) is 12.1 Å². The molecule has 19 heavy (non-hydrogen) atoms. The number of ether oxygens (including phenoxy) is 2. The highest BCUT2D eigenvalue weighted by Gasteiger charge is 2.16. The monoisotopic (exact) mass is 342 g/mol. The molecule has 102 valence electrons. The van der Waals surface area contributed by atoms with Crippen molar-refractivity contribution in [2.75, 3.05) is 20.0 Å². The Morgan fingerprint density at radius 2 is 1.89 bits per heavy atom. The van der Waals surface area contributed by atoms with E-state index in [9.17, 15) is 0 Å². The van der Waals surface area contributed by atoms with Crippen molar-refractivity contribution < 1.29 is 9.47 Å². The summed E-state index contributed by atoms with van der Waals surface area (Å²) in [6, 6.07) is 3.74. The van der Waals surface area contributed by atoms with E-state index in [1.165, 1.54) is 11.3 Å². The number of rotatable bonds is 4. The fraction of sp³-hybridized carbons (Fsp3) is 0.308. The third-order valence-corrected chi connectivity index (χ3v) is 4.41. The zero-order chi connectivity index (χ0) is 14.0. The number of hydrogen-bond acceptors (Lipinski definition) is 5. The van der Waals surface area contributed by atoms with E-state index < -0.39 is 0 Å². The lowest BCUT2D eigenvalue weighted by atomic mass is 10.1. The minimum atomic E-state index is 0.658. The van der Waals surface area contributed by atoms with Gasteiger partial charge in [-0.25, -0.2) is 4.98 Å². The molecule has 1 aromatic heterocycles. The lowest BCUT2D eigenvalue weighted by Gasteiger charge is -2.11. The van der Waals surface area contributed by atoms with Crippen LogP contribution < -0.4 is 15.2 Å². The lowest BCUT2D eigenvalue weighted by molar-refractivity contribution is 0.355. The first-order valence-corrected chi connectivity index (χ1v) is 7.38. The quantitative estimate of drug-likeness (QED) is 0.919. The van der Waals surface area contributed by atoms with Gasteiger partial charge in [0.1, 0.15) is 10.7 Å². The van der Waals surface area contributed by atoms with Gasteiger partial charge < -0.3 is 15.2 Å². The molecule has 4 nitrogen and oxygen atoms in total. The Balaban J connectivity index is 2.58. The van der Waals surface area contributed by atoms with Crippen LogP contribution in [0.5, 0.6) is 11.5 Å². The number of nitrogens with two attached hydrogens (primary N) is 1. The van der Waals surface area contributed by atoms with Crippen molar-refractivity contribution in [3.63, 3.8) is 0 Å². The zero-order valence-corrected chi connectivity index (χ0v) is 13.4. The number of thiazole rings is 1. The summed E-state index contributed by atoms with van der Waals surface area (Å²) in [5.74, 6) is 1.33. The van der Waals surface area contributed by atoms with Crippen LogP contribution in [0.25, 0.3) is 11.3 Å². The normalized spacial score (nSPS) is 10.5. The van der Waals surface area contributed by atoms with Gasteiger partial charge in [-0.05, 0) is 34.5 Å². The molecule has 0 saturated carbocycles. The number of halogens is 1. The number of hydrogen-bond donors (Lipinski definition) is 1. The summed E-state index contributed by atoms with van der Waals surface area (Å²) in [6.07, 6.45) is 0.875. The van der Waals surface area contributed by atoms with Crippen LogP contribution in [0.1, 0.15) is 11.9 Å². The molecule has 0 aliphatic heterocycles. The summed E-state index contributed by atoms with van der Waals surface area (Å²) >= 11 is 5.04. The summed E-state index contributed by atoms with van der Waals surface area (Å²) in [6.45, 7) is 2.06. The first-order valence-electron chi connectivity index (χ1n) is 5.77. The Morgan fingerprint density at radius 3 is 2.42 bits per heavy atom. The highest BCUT2D eigenvalue weighted by atomic mass is 79.9. The Morgan fingerprint density at radius 1 is 1.26 bits per heavy atom. The summed E-state index contributed by atoms with van der Waals surface area (Å²) < 4.78 is 11.5. The van der Waals surface area contributed by atoms with Crippen molar-refractivity contribution in [3.05, 3.63) is 21.6 Å². The minimum Gasteiger partial charge on any atom is -0.493 e. The van der Waals surface area contributed by atoms with E-state index in [-0.39, 0.29) is 0 Å². The molecule has 0 spiro atoms. The van der Waals surface area contributed by atoms with Crippen molar-refractivity contribution in [1.29, 1.82) is 0 Å². The average molecular weight is 343 g/mol. The second-order valence-electron chi connectivity index (χ2n) is 3.86. The number of anilines is 1. The van der Waals surface area contributed by atoms with E-state index >= 15 is 0 Å². The third kappa shape index (κ3) is 2.69. The molecule has 1 aromatic carbocycles. The van der Waals surface area contributed by atoms with E-state index in [4.69, 9.17) is 15.2 Å². The molecule has 0 fully saturated rings. The molecule has 0 amide bonds. The molecule has 0 saturated heterocycles. The third-order valence-electron chi connectivity index (χ3n) is 2.73. The van der Waals surface area contributed by atoms with Crippen molar-refractivity contribution in [1.82, 2.24) is 4.98 Å². The standard InChI is InChI=1S/C13H15BrN2O2S/c1-4-11-16-12(13(15)19-11)7-5-9(17-2)10(18-3)6-8(7)14/h5-6H,4,15H2,1-3H3. The van der Waals surface area contributed by atoms with Crippen molar-refractivity contribution in [2.45, 2.75) is 13.3 Å². The predicted molar refractivity (Wildman–Crippen MR) is 82.1 cm³/mol. The van der Waals surface area contributed by atoms with Crippen LogP contribution in [-0.2, 0) is 6.42 Å².